The van der Waals surface area contributed by atoms with Crippen LogP contribution in [0.3, 0.4) is 0 Å². The number of thiazole rings is 1. The van der Waals surface area contributed by atoms with E-state index in [9.17, 15) is 13.2 Å². The number of rotatable bonds is 4. The molecule has 0 aromatic carbocycles. The summed E-state index contributed by atoms with van der Waals surface area (Å²) in [6.07, 6.45) is 4.88. The molecule has 2 rings (SSSR count). The fourth-order valence-electron chi connectivity index (χ4n) is 2.15. The first kappa shape index (κ1) is 14.4. The molecular formula is C11H16N2O4S2. The minimum atomic E-state index is -3.70. The van der Waals surface area contributed by atoms with Gasteiger partial charge in [0.05, 0.1) is 12.6 Å². The van der Waals surface area contributed by atoms with Crippen LogP contribution >= 0.6 is 11.3 Å². The predicted molar refractivity (Wildman–Crippen MR) is 70.6 cm³/mol. The number of hydrogen-bond donors (Lipinski definition) is 1. The molecule has 1 fully saturated rings. The fourth-order valence-corrected chi connectivity index (χ4v) is 4.61. The molecule has 19 heavy (non-hydrogen) atoms. The zero-order valence-corrected chi connectivity index (χ0v) is 12.2. The smallest absolute Gasteiger partial charge is 0.358 e. The van der Waals surface area contributed by atoms with Crippen molar-refractivity contribution in [2.75, 3.05) is 7.11 Å². The van der Waals surface area contributed by atoms with Crippen molar-refractivity contribution in [3.05, 3.63) is 11.2 Å². The highest BCUT2D eigenvalue weighted by Gasteiger charge is 2.29. The first-order valence-electron chi connectivity index (χ1n) is 6.08. The maximum Gasteiger partial charge on any atom is 0.358 e. The number of carbonyl (C=O) groups excluding carboxylic acids is 1. The Morgan fingerprint density at radius 3 is 2.74 bits per heavy atom. The number of carbonyl (C=O) groups is 1. The topological polar surface area (TPSA) is 85.4 Å². The zero-order valence-electron chi connectivity index (χ0n) is 10.6. The summed E-state index contributed by atoms with van der Waals surface area (Å²) in [7, 11) is -2.50. The largest absolute Gasteiger partial charge is 0.464 e. The minimum Gasteiger partial charge on any atom is -0.464 e. The van der Waals surface area contributed by atoms with E-state index in [4.69, 9.17) is 0 Å². The Kier molecular flexibility index (Phi) is 4.54. The lowest BCUT2D eigenvalue weighted by Gasteiger charge is -2.22. The van der Waals surface area contributed by atoms with E-state index in [0.717, 1.165) is 43.4 Å². The van der Waals surface area contributed by atoms with Crippen LogP contribution in [0.5, 0.6) is 0 Å². The molecule has 8 heteroatoms. The van der Waals surface area contributed by atoms with Gasteiger partial charge in [0, 0.05) is 6.04 Å². The van der Waals surface area contributed by atoms with E-state index in [-0.39, 0.29) is 15.9 Å². The second-order valence-electron chi connectivity index (χ2n) is 4.44. The summed E-state index contributed by atoms with van der Waals surface area (Å²) in [6, 6.07) is -0.0497. The third kappa shape index (κ3) is 3.31. The van der Waals surface area contributed by atoms with Crippen LogP contribution in [0.4, 0.5) is 0 Å². The molecule has 1 aliphatic carbocycles. The predicted octanol–water partition coefficient (Wildman–Crippen LogP) is 1.54. The Balaban J connectivity index is 2.19. The maximum atomic E-state index is 12.3. The fraction of sp³-hybridized carbons (Fsp3) is 0.636. The van der Waals surface area contributed by atoms with Crippen LogP contribution in [-0.4, -0.2) is 32.5 Å². The second-order valence-corrected chi connectivity index (χ2v) is 7.20. The first-order valence-corrected chi connectivity index (χ1v) is 8.45. The summed E-state index contributed by atoms with van der Waals surface area (Å²) in [4.78, 5) is 15.2. The van der Waals surface area contributed by atoms with Crippen LogP contribution < -0.4 is 4.72 Å². The molecule has 0 amide bonds. The molecular weight excluding hydrogens is 288 g/mol. The number of sulfonamides is 1. The van der Waals surface area contributed by atoms with Crippen molar-refractivity contribution >= 4 is 27.3 Å². The molecule has 0 aliphatic heterocycles. The van der Waals surface area contributed by atoms with Gasteiger partial charge < -0.3 is 4.74 Å². The molecule has 6 nitrogen and oxygen atoms in total. The van der Waals surface area contributed by atoms with Crippen molar-refractivity contribution in [1.82, 2.24) is 9.71 Å². The van der Waals surface area contributed by atoms with Crippen LogP contribution in [0, 0.1) is 0 Å². The Morgan fingerprint density at radius 1 is 1.42 bits per heavy atom. The highest BCUT2D eigenvalue weighted by Crippen LogP contribution is 2.24. The number of esters is 1. The monoisotopic (exact) mass is 304 g/mol. The zero-order chi connectivity index (χ0) is 13.9. The molecule has 1 heterocycles. The van der Waals surface area contributed by atoms with Crippen LogP contribution in [0.25, 0.3) is 0 Å². The van der Waals surface area contributed by atoms with Gasteiger partial charge in [-0.25, -0.2) is 22.9 Å². The molecule has 1 saturated carbocycles. The van der Waals surface area contributed by atoms with Crippen molar-refractivity contribution in [3.63, 3.8) is 0 Å². The first-order chi connectivity index (χ1) is 9.04. The van der Waals surface area contributed by atoms with Gasteiger partial charge in [-0.2, -0.15) is 0 Å². The molecule has 1 N–H and O–H groups in total. The van der Waals surface area contributed by atoms with Crippen molar-refractivity contribution < 1.29 is 17.9 Å². The summed E-state index contributed by atoms with van der Waals surface area (Å²) in [5.74, 6) is -0.731. The summed E-state index contributed by atoms with van der Waals surface area (Å²) < 4.78 is 31.6. The van der Waals surface area contributed by atoms with Gasteiger partial charge in [-0.3, -0.25) is 0 Å². The van der Waals surface area contributed by atoms with Crippen molar-refractivity contribution in [2.45, 2.75) is 42.4 Å². The van der Waals surface area contributed by atoms with E-state index in [1.54, 1.807) is 0 Å². The summed E-state index contributed by atoms with van der Waals surface area (Å²) >= 11 is 0.926. The lowest BCUT2D eigenvalue weighted by Crippen LogP contribution is -2.36. The molecule has 0 spiro atoms. The quantitative estimate of drug-likeness (QED) is 0.853. The van der Waals surface area contributed by atoms with E-state index >= 15 is 0 Å². The molecule has 0 bridgehead atoms. The molecule has 0 radical (unpaired) electrons. The maximum absolute atomic E-state index is 12.3. The Morgan fingerprint density at radius 2 is 2.11 bits per heavy atom. The second kappa shape index (κ2) is 5.98. The number of ether oxygens (including phenoxy) is 1. The normalized spacial score (nSPS) is 17.3. The Labute approximate surface area is 116 Å². The van der Waals surface area contributed by atoms with Crippen molar-refractivity contribution in [3.8, 4) is 0 Å². The lowest BCUT2D eigenvalue weighted by molar-refractivity contribution is 0.0590. The number of aromatic nitrogens is 1. The van der Waals surface area contributed by atoms with Gasteiger partial charge in [-0.05, 0) is 12.8 Å². The van der Waals surface area contributed by atoms with Crippen molar-refractivity contribution in [1.29, 1.82) is 0 Å². The van der Waals surface area contributed by atoms with Crippen LogP contribution in [0.2, 0.25) is 0 Å². The van der Waals surface area contributed by atoms with Crippen molar-refractivity contribution in [2.24, 2.45) is 0 Å². The van der Waals surface area contributed by atoms with E-state index < -0.39 is 16.0 Å². The van der Waals surface area contributed by atoms with Gasteiger partial charge in [0.1, 0.15) is 0 Å². The van der Waals surface area contributed by atoms with Gasteiger partial charge in [0.2, 0.25) is 0 Å². The summed E-state index contributed by atoms with van der Waals surface area (Å²) in [6.45, 7) is 0. The van der Waals surface area contributed by atoms with E-state index in [2.05, 4.69) is 14.4 Å². The minimum absolute atomic E-state index is 0.0497. The van der Waals surface area contributed by atoms with Gasteiger partial charge in [-0.1, -0.05) is 19.3 Å². The Hall–Kier alpha value is -0.990. The van der Waals surface area contributed by atoms with E-state index in [0.29, 0.717) is 0 Å². The molecule has 1 aromatic heterocycles. The van der Waals surface area contributed by atoms with Crippen LogP contribution in [0.1, 0.15) is 42.6 Å². The summed E-state index contributed by atoms with van der Waals surface area (Å²) in [5, 5.41) is 0. The number of nitrogens with zero attached hydrogens (tertiary/aromatic N) is 1. The van der Waals surface area contributed by atoms with Gasteiger partial charge in [0.25, 0.3) is 10.0 Å². The van der Waals surface area contributed by atoms with Gasteiger partial charge in [0.15, 0.2) is 9.90 Å². The third-order valence-electron chi connectivity index (χ3n) is 3.08. The van der Waals surface area contributed by atoms with Gasteiger partial charge in [-0.15, -0.1) is 11.3 Å². The standard InChI is InChI=1S/C11H16N2O4S2/c1-17-10(14)9-11(18-7-12-9)19(15,16)13-8-5-3-2-4-6-8/h7-8,13H,2-6H2,1H3. The van der Waals surface area contributed by atoms with Crippen LogP contribution in [-0.2, 0) is 14.8 Å². The average molecular weight is 304 g/mol. The highest BCUT2D eigenvalue weighted by molar-refractivity contribution is 7.91. The van der Waals surface area contributed by atoms with Crippen LogP contribution in [0.15, 0.2) is 9.72 Å². The SMILES string of the molecule is COC(=O)c1ncsc1S(=O)(=O)NC1CCCCC1. The molecule has 0 unspecified atom stereocenters. The Bertz CT molecular complexity index is 547. The molecule has 0 atom stereocenters. The molecule has 1 aliphatic rings. The number of hydrogen-bond acceptors (Lipinski definition) is 6. The van der Waals surface area contributed by atoms with E-state index in [1.807, 2.05) is 0 Å². The van der Waals surface area contributed by atoms with E-state index in [1.165, 1.54) is 12.6 Å². The number of methoxy groups -OCH3 is 1. The molecule has 106 valence electrons. The highest BCUT2D eigenvalue weighted by atomic mass is 32.2. The average Bonchev–Trinajstić information content (AvgIpc) is 2.88. The number of nitrogens with one attached hydrogen (secondary N) is 1. The molecule has 0 saturated heterocycles. The van der Waals surface area contributed by atoms with Gasteiger partial charge >= 0.3 is 5.97 Å². The molecule has 1 aromatic rings. The third-order valence-corrected chi connectivity index (χ3v) is 5.97. The summed E-state index contributed by atoms with van der Waals surface area (Å²) in [5.41, 5.74) is 1.19. The lowest BCUT2D eigenvalue weighted by atomic mass is 9.96.